The molecule has 0 saturated carbocycles. The molecule has 0 aliphatic heterocycles. The molecule has 17 heavy (non-hydrogen) atoms. The Balaban J connectivity index is 2.18. The summed E-state index contributed by atoms with van der Waals surface area (Å²) in [6.07, 6.45) is 4.40. The Bertz CT molecular complexity index is 514. The molecule has 2 aromatic heterocycles. The van der Waals surface area contributed by atoms with Crippen molar-refractivity contribution in [2.75, 3.05) is 6.61 Å². The van der Waals surface area contributed by atoms with Crippen molar-refractivity contribution in [2.24, 2.45) is 0 Å². The zero-order valence-electron chi connectivity index (χ0n) is 9.10. The first-order valence-electron chi connectivity index (χ1n) is 5.37. The number of hydrogen-bond acceptors (Lipinski definition) is 4. The zero-order valence-corrected chi connectivity index (χ0v) is 10.6. The minimum atomic E-state index is 0.125. The van der Waals surface area contributed by atoms with Gasteiger partial charge in [-0.2, -0.15) is 4.98 Å². The minimum absolute atomic E-state index is 0.125. The van der Waals surface area contributed by atoms with E-state index >= 15 is 0 Å². The molecule has 5 nitrogen and oxygen atoms in total. The predicted molar refractivity (Wildman–Crippen MR) is 66.3 cm³/mol. The minimum Gasteiger partial charge on any atom is -0.396 e. The van der Waals surface area contributed by atoms with E-state index in [-0.39, 0.29) is 17.0 Å². The molecule has 1 N–H and O–H groups in total. The van der Waals surface area contributed by atoms with E-state index in [0.29, 0.717) is 11.2 Å². The van der Waals surface area contributed by atoms with Crippen LogP contribution in [-0.4, -0.2) is 31.2 Å². The molecular formula is C10H12Cl2N4O. The number of fused-ring (bicyclic) bond motifs is 1. The SMILES string of the molecule is OCCCCCn1cnc2c(Cl)nc(Cl)nc21. The maximum atomic E-state index is 8.69. The number of aliphatic hydroxyl groups is 1. The van der Waals surface area contributed by atoms with E-state index in [2.05, 4.69) is 15.0 Å². The van der Waals surface area contributed by atoms with Crippen LogP contribution in [0.15, 0.2) is 6.33 Å². The summed E-state index contributed by atoms with van der Waals surface area (Å²) in [6, 6.07) is 0. The van der Waals surface area contributed by atoms with Gasteiger partial charge in [-0.3, -0.25) is 0 Å². The number of nitrogens with zero attached hydrogens (tertiary/aromatic N) is 4. The molecule has 0 aromatic carbocycles. The van der Waals surface area contributed by atoms with Crippen molar-refractivity contribution >= 4 is 34.4 Å². The summed E-state index contributed by atoms with van der Waals surface area (Å²) >= 11 is 11.7. The van der Waals surface area contributed by atoms with Crippen molar-refractivity contribution in [1.29, 1.82) is 0 Å². The van der Waals surface area contributed by atoms with Gasteiger partial charge in [0.25, 0.3) is 0 Å². The highest BCUT2D eigenvalue weighted by Gasteiger charge is 2.10. The van der Waals surface area contributed by atoms with E-state index in [4.69, 9.17) is 28.3 Å². The predicted octanol–water partition coefficient (Wildman–Crippen LogP) is 2.30. The van der Waals surface area contributed by atoms with E-state index in [1.165, 1.54) is 0 Å². The lowest BCUT2D eigenvalue weighted by Crippen LogP contribution is -1.99. The molecule has 0 aliphatic rings. The first-order chi connectivity index (χ1) is 8.22. The van der Waals surface area contributed by atoms with Gasteiger partial charge in [-0.25, -0.2) is 9.97 Å². The monoisotopic (exact) mass is 274 g/mol. The molecule has 7 heteroatoms. The van der Waals surface area contributed by atoms with Crippen LogP contribution in [0.25, 0.3) is 11.2 Å². The third-order valence-electron chi connectivity index (χ3n) is 2.45. The van der Waals surface area contributed by atoms with Crippen LogP contribution in [0.1, 0.15) is 19.3 Å². The zero-order chi connectivity index (χ0) is 12.3. The molecule has 92 valence electrons. The van der Waals surface area contributed by atoms with Gasteiger partial charge >= 0.3 is 0 Å². The lowest BCUT2D eigenvalue weighted by molar-refractivity contribution is 0.282. The highest BCUT2D eigenvalue weighted by Crippen LogP contribution is 2.20. The second kappa shape index (κ2) is 5.62. The van der Waals surface area contributed by atoms with Crippen molar-refractivity contribution in [1.82, 2.24) is 19.5 Å². The molecule has 0 saturated heterocycles. The number of aryl methyl sites for hydroxylation is 1. The van der Waals surface area contributed by atoms with Gasteiger partial charge in [-0.1, -0.05) is 11.6 Å². The van der Waals surface area contributed by atoms with Crippen LogP contribution in [0.4, 0.5) is 0 Å². The van der Waals surface area contributed by atoms with Crippen molar-refractivity contribution in [3.8, 4) is 0 Å². The second-order valence-corrected chi connectivity index (χ2v) is 4.37. The van der Waals surface area contributed by atoms with E-state index in [1.54, 1.807) is 6.33 Å². The third kappa shape index (κ3) is 2.86. The molecule has 0 amide bonds. The fourth-order valence-electron chi connectivity index (χ4n) is 1.62. The van der Waals surface area contributed by atoms with Crippen molar-refractivity contribution in [3.63, 3.8) is 0 Å². The maximum Gasteiger partial charge on any atom is 0.225 e. The Hall–Kier alpha value is -0.910. The molecule has 2 heterocycles. The normalized spacial score (nSPS) is 11.2. The molecule has 0 atom stereocenters. The lowest BCUT2D eigenvalue weighted by Gasteiger charge is -2.03. The van der Waals surface area contributed by atoms with E-state index in [9.17, 15) is 0 Å². The number of unbranched alkanes of at least 4 members (excludes halogenated alkanes) is 2. The first kappa shape index (κ1) is 12.5. The fourth-order valence-corrected chi connectivity index (χ4v) is 2.04. The molecule has 0 radical (unpaired) electrons. The van der Waals surface area contributed by atoms with Crippen LogP contribution in [0.5, 0.6) is 0 Å². The van der Waals surface area contributed by atoms with Gasteiger partial charge in [-0.05, 0) is 30.9 Å². The average Bonchev–Trinajstić information content (AvgIpc) is 2.68. The van der Waals surface area contributed by atoms with E-state index < -0.39 is 0 Å². The third-order valence-corrected chi connectivity index (χ3v) is 2.88. The Morgan fingerprint density at radius 3 is 2.76 bits per heavy atom. The van der Waals surface area contributed by atoms with Crippen LogP contribution in [0.2, 0.25) is 10.4 Å². The van der Waals surface area contributed by atoms with Crippen molar-refractivity contribution < 1.29 is 5.11 Å². The molecule has 0 spiro atoms. The number of aromatic nitrogens is 4. The van der Waals surface area contributed by atoms with Gasteiger partial charge in [0.05, 0.1) is 6.33 Å². The van der Waals surface area contributed by atoms with Gasteiger partial charge in [0.2, 0.25) is 5.28 Å². The van der Waals surface area contributed by atoms with Gasteiger partial charge in [-0.15, -0.1) is 0 Å². The largest absolute Gasteiger partial charge is 0.396 e. The highest BCUT2D eigenvalue weighted by molar-refractivity contribution is 6.35. The Morgan fingerprint density at radius 2 is 2.00 bits per heavy atom. The summed E-state index contributed by atoms with van der Waals surface area (Å²) in [5, 5.41) is 9.09. The first-order valence-corrected chi connectivity index (χ1v) is 6.12. The summed E-state index contributed by atoms with van der Waals surface area (Å²) in [6.45, 7) is 1.00. The summed E-state index contributed by atoms with van der Waals surface area (Å²) in [5.41, 5.74) is 1.22. The molecule has 0 fully saturated rings. The molecule has 0 unspecified atom stereocenters. The van der Waals surface area contributed by atoms with Gasteiger partial charge in [0, 0.05) is 13.2 Å². The van der Waals surface area contributed by atoms with Crippen LogP contribution >= 0.6 is 23.2 Å². The Kier molecular flexibility index (Phi) is 4.15. The fraction of sp³-hybridized carbons (Fsp3) is 0.500. The smallest absolute Gasteiger partial charge is 0.225 e. The lowest BCUT2D eigenvalue weighted by atomic mass is 10.2. The van der Waals surface area contributed by atoms with Gasteiger partial charge in [0.1, 0.15) is 5.52 Å². The second-order valence-electron chi connectivity index (χ2n) is 3.68. The van der Waals surface area contributed by atoms with E-state index in [1.807, 2.05) is 4.57 Å². The number of rotatable bonds is 5. The molecule has 2 rings (SSSR count). The molecule has 0 bridgehead atoms. The van der Waals surface area contributed by atoms with E-state index in [0.717, 1.165) is 25.8 Å². The number of aliphatic hydroxyl groups excluding tert-OH is 1. The molecule has 0 aliphatic carbocycles. The number of imidazole rings is 1. The number of hydrogen-bond donors (Lipinski definition) is 1. The Labute approximate surface area is 108 Å². The standard InChI is InChI=1S/C10H12Cl2N4O/c11-8-7-9(15-10(12)14-8)16(6-13-7)4-2-1-3-5-17/h6,17H,1-5H2. The molecular weight excluding hydrogens is 263 g/mol. The number of halogens is 2. The Morgan fingerprint density at radius 1 is 1.18 bits per heavy atom. The summed E-state index contributed by atoms with van der Waals surface area (Å²) < 4.78 is 1.89. The average molecular weight is 275 g/mol. The van der Waals surface area contributed by atoms with Crippen molar-refractivity contribution in [2.45, 2.75) is 25.8 Å². The summed E-state index contributed by atoms with van der Waals surface area (Å²) in [4.78, 5) is 12.1. The summed E-state index contributed by atoms with van der Waals surface area (Å²) in [5.74, 6) is 0. The van der Waals surface area contributed by atoms with Crippen LogP contribution < -0.4 is 0 Å². The quantitative estimate of drug-likeness (QED) is 0.516. The van der Waals surface area contributed by atoms with Gasteiger partial charge < -0.3 is 9.67 Å². The van der Waals surface area contributed by atoms with Crippen LogP contribution in [0.3, 0.4) is 0 Å². The molecule has 2 aromatic rings. The van der Waals surface area contributed by atoms with Crippen LogP contribution in [-0.2, 0) is 6.54 Å². The highest BCUT2D eigenvalue weighted by atomic mass is 35.5. The van der Waals surface area contributed by atoms with Crippen molar-refractivity contribution in [3.05, 3.63) is 16.8 Å². The summed E-state index contributed by atoms with van der Waals surface area (Å²) in [7, 11) is 0. The maximum absolute atomic E-state index is 8.69. The van der Waals surface area contributed by atoms with Crippen LogP contribution in [0, 0.1) is 0 Å². The van der Waals surface area contributed by atoms with Gasteiger partial charge in [0.15, 0.2) is 10.8 Å². The topological polar surface area (TPSA) is 63.8 Å².